The smallest absolute Gasteiger partial charge is 0.0680 e. The van der Waals surface area contributed by atoms with Gasteiger partial charge in [0.2, 0.25) is 0 Å². The lowest BCUT2D eigenvalue weighted by molar-refractivity contribution is 1.19. The van der Waals surface area contributed by atoms with Crippen molar-refractivity contribution in [3.63, 3.8) is 0 Å². The van der Waals surface area contributed by atoms with E-state index in [0.717, 1.165) is 28.9 Å². The van der Waals surface area contributed by atoms with Gasteiger partial charge in [-0.2, -0.15) is 0 Å². The molecule has 33 heavy (non-hydrogen) atoms. The SMILES string of the molecule is Clc1cccc(C=Nc2ccc(Cc3ccc(N=Cc4cccc(Cl)c4Cl)cc3)cc2)c1Cl. The van der Waals surface area contributed by atoms with E-state index in [0.29, 0.717) is 20.1 Å². The quantitative estimate of drug-likeness (QED) is 0.230. The van der Waals surface area contributed by atoms with Gasteiger partial charge < -0.3 is 0 Å². The van der Waals surface area contributed by atoms with Crippen LogP contribution in [0.25, 0.3) is 0 Å². The Morgan fingerprint density at radius 2 is 0.909 bits per heavy atom. The van der Waals surface area contributed by atoms with Gasteiger partial charge >= 0.3 is 0 Å². The zero-order chi connectivity index (χ0) is 23.2. The summed E-state index contributed by atoms with van der Waals surface area (Å²) in [5.74, 6) is 0. The molecule has 0 spiro atoms. The Morgan fingerprint density at radius 3 is 1.30 bits per heavy atom. The molecule has 0 saturated heterocycles. The van der Waals surface area contributed by atoms with Crippen molar-refractivity contribution in [1.82, 2.24) is 0 Å². The van der Waals surface area contributed by atoms with Crippen molar-refractivity contribution in [2.45, 2.75) is 6.42 Å². The highest BCUT2D eigenvalue weighted by molar-refractivity contribution is 6.44. The highest BCUT2D eigenvalue weighted by atomic mass is 35.5. The second-order valence-electron chi connectivity index (χ2n) is 7.31. The van der Waals surface area contributed by atoms with E-state index in [-0.39, 0.29) is 0 Å². The second-order valence-corrected chi connectivity index (χ2v) is 8.88. The Labute approximate surface area is 213 Å². The van der Waals surface area contributed by atoms with Crippen LogP contribution in [0.15, 0.2) is 94.9 Å². The summed E-state index contributed by atoms with van der Waals surface area (Å²) in [6.45, 7) is 0. The van der Waals surface area contributed by atoms with Gasteiger partial charge in [0.05, 0.1) is 31.5 Å². The highest BCUT2D eigenvalue weighted by Crippen LogP contribution is 2.26. The van der Waals surface area contributed by atoms with E-state index >= 15 is 0 Å². The first-order chi connectivity index (χ1) is 16.0. The van der Waals surface area contributed by atoms with Crippen molar-refractivity contribution < 1.29 is 0 Å². The maximum Gasteiger partial charge on any atom is 0.0680 e. The van der Waals surface area contributed by atoms with Crippen LogP contribution in [0.3, 0.4) is 0 Å². The Morgan fingerprint density at radius 1 is 0.515 bits per heavy atom. The largest absolute Gasteiger partial charge is 0.256 e. The maximum absolute atomic E-state index is 6.21. The molecule has 0 bridgehead atoms. The number of rotatable bonds is 6. The van der Waals surface area contributed by atoms with Crippen molar-refractivity contribution >= 4 is 70.2 Å². The summed E-state index contributed by atoms with van der Waals surface area (Å²) in [6.07, 6.45) is 4.26. The third kappa shape index (κ3) is 6.25. The molecule has 0 aliphatic rings. The standard InChI is InChI=1S/C27H18Cl4N2/c28-24-5-1-3-20(26(24)30)16-32-22-11-7-18(8-12-22)15-19-9-13-23(14-10-19)33-17-21-4-2-6-25(29)27(21)31/h1-14,16-17H,15H2. The average Bonchev–Trinajstić information content (AvgIpc) is 2.83. The Hall–Kier alpha value is -2.62. The molecule has 4 rings (SSSR count). The van der Waals surface area contributed by atoms with Gasteiger partial charge in [-0.25, -0.2) is 0 Å². The molecule has 0 heterocycles. The fourth-order valence-corrected chi connectivity index (χ4v) is 3.88. The molecule has 6 heteroatoms. The topological polar surface area (TPSA) is 24.7 Å². The molecule has 2 nitrogen and oxygen atoms in total. The number of halogens is 4. The minimum absolute atomic E-state index is 0.503. The summed E-state index contributed by atoms with van der Waals surface area (Å²) in [5, 5.41) is 2.04. The lowest BCUT2D eigenvalue weighted by Crippen LogP contribution is -1.87. The van der Waals surface area contributed by atoms with E-state index < -0.39 is 0 Å². The maximum atomic E-state index is 6.21. The minimum Gasteiger partial charge on any atom is -0.256 e. The van der Waals surface area contributed by atoms with Gasteiger partial charge in [0.25, 0.3) is 0 Å². The molecule has 164 valence electrons. The van der Waals surface area contributed by atoms with Crippen molar-refractivity contribution in [3.05, 3.63) is 127 Å². The molecular weight excluding hydrogens is 494 g/mol. The van der Waals surface area contributed by atoms with E-state index in [1.807, 2.05) is 48.5 Å². The van der Waals surface area contributed by atoms with E-state index in [1.54, 1.807) is 24.6 Å². The van der Waals surface area contributed by atoms with Gasteiger partial charge in [0.15, 0.2) is 0 Å². The zero-order valence-electron chi connectivity index (χ0n) is 17.4. The number of hydrogen-bond donors (Lipinski definition) is 0. The number of nitrogens with zero attached hydrogens (tertiary/aromatic N) is 2. The Balaban J connectivity index is 1.39. The molecule has 0 unspecified atom stereocenters. The molecule has 0 N–H and O–H groups in total. The zero-order valence-corrected chi connectivity index (χ0v) is 20.4. The van der Waals surface area contributed by atoms with Crippen LogP contribution in [0, 0.1) is 0 Å². The minimum atomic E-state index is 0.503. The van der Waals surface area contributed by atoms with Crippen LogP contribution >= 0.6 is 46.4 Å². The van der Waals surface area contributed by atoms with Crippen LogP contribution in [0.2, 0.25) is 20.1 Å². The highest BCUT2D eigenvalue weighted by Gasteiger charge is 2.03. The van der Waals surface area contributed by atoms with Crippen LogP contribution in [0.4, 0.5) is 11.4 Å². The lowest BCUT2D eigenvalue weighted by atomic mass is 10.0. The Bertz CT molecular complexity index is 1210. The van der Waals surface area contributed by atoms with E-state index in [2.05, 4.69) is 34.3 Å². The van der Waals surface area contributed by atoms with Crippen LogP contribution in [-0.4, -0.2) is 12.4 Å². The third-order valence-electron chi connectivity index (χ3n) is 4.95. The first-order valence-corrected chi connectivity index (χ1v) is 11.6. The molecule has 4 aromatic rings. The molecule has 0 atom stereocenters. The van der Waals surface area contributed by atoms with E-state index in [1.165, 1.54) is 11.1 Å². The number of hydrogen-bond acceptors (Lipinski definition) is 2. The predicted molar refractivity (Wildman–Crippen MR) is 143 cm³/mol. The van der Waals surface area contributed by atoms with Gasteiger partial charge in [0, 0.05) is 23.6 Å². The van der Waals surface area contributed by atoms with Crippen molar-refractivity contribution in [3.8, 4) is 0 Å². The van der Waals surface area contributed by atoms with Gasteiger partial charge in [0.1, 0.15) is 0 Å². The van der Waals surface area contributed by atoms with E-state index in [4.69, 9.17) is 46.4 Å². The van der Waals surface area contributed by atoms with Gasteiger partial charge in [-0.1, -0.05) is 94.9 Å². The molecular formula is C27H18Cl4N2. The molecule has 0 fully saturated rings. The summed E-state index contributed by atoms with van der Waals surface area (Å²) in [4.78, 5) is 8.99. The van der Waals surface area contributed by atoms with Gasteiger partial charge in [-0.3, -0.25) is 9.98 Å². The molecule has 0 saturated carbocycles. The van der Waals surface area contributed by atoms with Crippen LogP contribution in [0.1, 0.15) is 22.3 Å². The summed E-state index contributed by atoms with van der Waals surface area (Å²) >= 11 is 24.5. The molecule has 0 aliphatic heterocycles. The number of benzene rings is 4. The van der Waals surface area contributed by atoms with E-state index in [9.17, 15) is 0 Å². The summed E-state index contributed by atoms with van der Waals surface area (Å²) in [7, 11) is 0. The van der Waals surface area contributed by atoms with Gasteiger partial charge in [-0.05, 0) is 53.9 Å². The molecule has 0 amide bonds. The lowest BCUT2D eigenvalue weighted by Gasteiger charge is -2.04. The summed E-state index contributed by atoms with van der Waals surface area (Å²) in [5.41, 5.74) is 5.65. The normalized spacial score (nSPS) is 11.5. The summed E-state index contributed by atoms with van der Waals surface area (Å²) < 4.78 is 0. The van der Waals surface area contributed by atoms with Crippen LogP contribution < -0.4 is 0 Å². The van der Waals surface area contributed by atoms with Crippen molar-refractivity contribution in [2.24, 2.45) is 9.98 Å². The number of aliphatic imine (C=N–C) groups is 2. The fourth-order valence-electron chi connectivity index (χ4n) is 3.16. The Kier molecular flexibility index (Phi) is 7.85. The molecule has 4 aromatic carbocycles. The fraction of sp³-hybridized carbons (Fsp3) is 0.0370. The monoisotopic (exact) mass is 510 g/mol. The molecule has 0 radical (unpaired) electrons. The summed E-state index contributed by atoms with van der Waals surface area (Å²) in [6, 6.07) is 27.2. The predicted octanol–water partition coefficient (Wildman–Crippen LogP) is 9.39. The first-order valence-electron chi connectivity index (χ1n) is 10.1. The second kappa shape index (κ2) is 11.0. The van der Waals surface area contributed by atoms with Crippen molar-refractivity contribution in [1.29, 1.82) is 0 Å². The first kappa shape index (κ1) is 23.5. The third-order valence-corrected chi connectivity index (χ3v) is 6.62. The molecule has 0 aromatic heterocycles. The van der Waals surface area contributed by atoms with Crippen LogP contribution in [-0.2, 0) is 6.42 Å². The average molecular weight is 512 g/mol. The van der Waals surface area contributed by atoms with Crippen LogP contribution in [0.5, 0.6) is 0 Å². The van der Waals surface area contributed by atoms with Crippen molar-refractivity contribution in [2.75, 3.05) is 0 Å². The molecule has 0 aliphatic carbocycles. The van der Waals surface area contributed by atoms with Gasteiger partial charge in [-0.15, -0.1) is 0 Å².